The van der Waals surface area contributed by atoms with Crippen molar-refractivity contribution < 1.29 is 5.11 Å². The molecule has 1 N–H and O–H groups in total. The Hall–Kier alpha value is -0.590. The Morgan fingerprint density at radius 1 is 1.23 bits per heavy atom. The van der Waals surface area contributed by atoms with Gasteiger partial charge in [0, 0.05) is 6.54 Å². The van der Waals surface area contributed by atoms with E-state index in [1.165, 1.54) is 25.7 Å². The summed E-state index contributed by atoms with van der Waals surface area (Å²) in [5.74, 6) is 0. The standard InChI is InChI=1S/C10H18N2O/c11-6-5-10(13)9-12-7-3-1-2-4-8-12/h10,13H,1-5,7-9H2. The van der Waals surface area contributed by atoms with Gasteiger partial charge in [-0.05, 0) is 25.9 Å². The van der Waals surface area contributed by atoms with Crippen LogP contribution in [0.5, 0.6) is 0 Å². The molecule has 0 aromatic carbocycles. The van der Waals surface area contributed by atoms with Gasteiger partial charge in [-0.25, -0.2) is 0 Å². The van der Waals surface area contributed by atoms with Gasteiger partial charge in [-0.2, -0.15) is 5.26 Å². The van der Waals surface area contributed by atoms with Crippen LogP contribution in [0.4, 0.5) is 0 Å². The predicted octanol–water partition coefficient (Wildman–Crippen LogP) is 1.14. The van der Waals surface area contributed by atoms with Crippen LogP contribution in [0.25, 0.3) is 0 Å². The zero-order valence-corrected chi connectivity index (χ0v) is 8.08. The van der Waals surface area contributed by atoms with E-state index in [0.29, 0.717) is 6.54 Å². The summed E-state index contributed by atoms with van der Waals surface area (Å²) in [5, 5.41) is 17.8. The Kier molecular flexibility index (Phi) is 4.81. The Morgan fingerprint density at radius 2 is 1.85 bits per heavy atom. The Bertz CT molecular complexity index is 168. The third kappa shape index (κ3) is 4.25. The molecule has 1 atom stereocenters. The number of hydrogen-bond donors (Lipinski definition) is 1. The van der Waals surface area contributed by atoms with Crippen molar-refractivity contribution in [3.05, 3.63) is 0 Å². The first kappa shape index (κ1) is 10.5. The molecule has 1 aliphatic rings. The summed E-state index contributed by atoms with van der Waals surface area (Å²) >= 11 is 0. The quantitative estimate of drug-likeness (QED) is 0.712. The lowest BCUT2D eigenvalue weighted by atomic mass is 10.2. The first-order chi connectivity index (χ1) is 6.33. The Labute approximate surface area is 80.0 Å². The second kappa shape index (κ2) is 5.95. The molecular formula is C10H18N2O. The van der Waals surface area contributed by atoms with E-state index in [-0.39, 0.29) is 6.42 Å². The van der Waals surface area contributed by atoms with Crippen LogP contribution in [0, 0.1) is 11.3 Å². The van der Waals surface area contributed by atoms with Crippen molar-refractivity contribution in [3.63, 3.8) is 0 Å². The molecule has 1 saturated heterocycles. The number of aliphatic hydroxyl groups excluding tert-OH is 1. The van der Waals surface area contributed by atoms with E-state index >= 15 is 0 Å². The summed E-state index contributed by atoms with van der Waals surface area (Å²) in [6.07, 6.45) is 4.90. The molecule has 3 nitrogen and oxygen atoms in total. The van der Waals surface area contributed by atoms with Crippen molar-refractivity contribution in [2.45, 2.75) is 38.2 Å². The topological polar surface area (TPSA) is 47.3 Å². The molecule has 0 aromatic rings. The van der Waals surface area contributed by atoms with Crippen molar-refractivity contribution in [2.24, 2.45) is 0 Å². The van der Waals surface area contributed by atoms with Crippen LogP contribution in [0.1, 0.15) is 32.1 Å². The lowest BCUT2D eigenvalue weighted by molar-refractivity contribution is 0.118. The molecule has 1 rings (SSSR count). The van der Waals surface area contributed by atoms with Crippen molar-refractivity contribution in [2.75, 3.05) is 19.6 Å². The van der Waals surface area contributed by atoms with Crippen LogP contribution < -0.4 is 0 Å². The maximum atomic E-state index is 9.43. The average molecular weight is 182 g/mol. The predicted molar refractivity (Wildman–Crippen MR) is 51.1 cm³/mol. The molecular weight excluding hydrogens is 164 g/mol. The van der Waals surface area contributed by atoms with Crippen LogP contribution in [-0.4, -0.2) is 35.7 Å². The second-order valence-corrected chi connectivity index (χ2v) is 3.73. The van der Waals surface area contributed by atoms with Crippen LogP contribution in [0.15, 0.2) is 0 Å². The molecule has 74 valence electrons. The van der Waals surface area contributed by atoms with E-state index in [1.807, 2.05) is 6.07 Å². The molecule has 0 aromatic heterocycles. The highest BCUT2D eigenvalue weighted by Gasteiger charge is 2.12. The van der Waals surface area contributed by atoms with Gasteiger partial charge in [0.2, 0.25) is 0 Å². The summed E-state index contributed by atoms with van der Waals surface area (Å²) in [7, 11) is 0. The van der Waals surface area contributed by atoms with E-state index in [0.717, 1.165) is 13.1 Å². The molecule has 0 aliphatic carbocycles. The average Bonchev–Trinajstić information content (AvgIpc) is 2.33. The number of β-amino-alcohol motifs (C(OH)–C–C–N with tert-alkyl or cyclic N) is 1. The minimum Gasteiger partial charge on any atom is -0.391 e. The number of hydrogen-bond acceptors (Lipinski definition) is 3. The summed E-state index contributed by atoms with van der Waals surface area (Å²) in [6, 6.07) is 2.00. The molecule has 1 unspecified atom stereocenters. The smallest absolute Gasteiger partial charge is 0.0796 e. The Balaban J connectivity index is 2.22. The third-order valence-electron chi connectivity index (χ3n) is 2.49. The van der Waals surface area contributed by atoms with Crippen LogP contribution in [-0.2, 0) is 0 Å². The molecule has 1 fully saturated rings. The fourth-order valence-corrected chi connectivity index (χ4v) is 1.79. The fraction of sp³-hybridized carbons (Fsp3) is 0.900. The summed E-state index contributed by atoms with van der Waals surface area (Å²) in [4.78, 5) is 2.27. The SMILES string of the molecule is N#CCC(O)CN1CCCCCC1. The van der Waals surface area contributed by atoms with Crippen LogP contribution in [0.2, 0.25) is 0 Å². The molecule has 1 heterocycles. The number of nitrogens with zero attached hydrogens (tertiary/aromatic N) is 2. The molecule has 0 spiro atoms. The first-order valence-corrected chi connectivity index (χ1v) is 5.10. The monoisotopic (exact) mass is 182 g/mol. The van der Waals surface area contributed by atoms with Crippen molar-refractivity contribution in [3.8, 4) is 6.07 Å². The van der Waals surface area contributed by atoms with Crippen LogP contribution >= 0.6 is 0 Å². The molecule has 0 saturated carbocycles. The summed E-state index contributed by atoms with van der Waals surface area (Å²) in [5.41, 5.74) is 0. The van der Waals surface area contributed by atoms with E-state index in [2.05, 4.69) is 4.90 Å². The van der Waals surface area contributed by atoms with E-state index in [9.17, 15) is 5.11 Å². The van der Waals surface area contributed by atoms with Crippen molar-refractivity contribution >= 4 is 0 Å². The maximum absolute atomic E-state index is 9.43. The van der Waals surface area contributed by atoms with Gasteiger partial charge in [0.1, 0.15) is 0 Å². The van der Waals surface area contributed by atoms with E-state index in [4.69, 9.17) is 5.26 Å². The molecule has 0 amide bonds. The zero-order valence-electron chi connectivity index (χ0n) is 8.08. The second-order valence-electron chi connectivity index (χ2n) is 3.73. The third-order valence-corrected chi connectivity index (χ3v) is 2.49. The molecule has 1 aliphatic heterocycles. The molecule has 0 radical (unpaired) electrons. The number of aliphatic hydroxyl groups is 1. The summed E-state index contributed by atoms with van der Waals surface area (Å²) in [6.45, 7) is 2.85. The largest absolute Gasteiger partial charge is 0.391 e. The number of likely N-dealkylation sites (tertiary alicyclic amines) is 1. The van der Waals surface area contributed by atoms with Gasteiger partial charge < -0.3 is 10.0 Å². The van der Waals surface area contributed by atoms with Crippen molar-refractivity contribution in [1.29, 1.82) is 5.26 Å². The number of rotatable bonds is 3. The van der Waals surface area contributed by atoms with Gasteiger partial charge in [0.05, 0.1) is 18.6 Å². The van der Waals surface area contributed by atoms with Gasteiger partial charge in [-0.3, -0.25) is 0 Å². The normalized spacial score (nSPS) is 21.8. The maximum Gasteiger partial charge on any atom is 0.0796 e. The zero-order chi connectivity index (χ0) is 9.52. The molecule has 0 bridgehead atoms. The van der Waals surface area contributed by atoms with Crippen LogP contribution in [0.3, 0.4) is 0 Å². The molecule has 13 heavy (non-hydrogen) atoms. The van der Waals surface area contributed by atoms with Crippen molar-refractivity contribution in [1.82, 2.24) is 4.90 Å². The highest BCUT2D eigenvalue weighted by molar-refractivity contribution is 4.78. The summed E-state index contributed by atoms with van der Waals surface area (Å²) < 4.78 is 0. The Morgan fingerprint density at radius 3 is 2.38 bits per heavy atom. The van der Waals surface area contributed by atoms with E-state index < -0.39 is 6.10 Å². The lowest BCUT2D eigenvalue weighted by Crippen LogP contribution is -2.33. The van der Waals surface area contributed by atoms with Gasteiger partial charge in [0.15, 0.2) is 0 Å². The highest BCUT2D eigenvalue weighted by atomic mass is 16.3. The van der Waals surface area contributed by atoms with E-state index in [1.54, 1.807) is 0 Å². The van der Waals surface area contributed by atoms with Gasteiger partial charge in [0.25, 0.3) is 0 Å². The lowest BCUT2D eigenvalue weighted by Gasteiger charge is -2.21. The van der Waals surface area contributed by atoms with Gasteiger partial charge >= 0.3 is 0 Å². The van der Waals surface area contributed by atoms with Gasteiger partial charge in [-0.15, -0.1) is 0 Å². The minimum absolute atomic E-state index is 0.260. The fourth-order valence-electron chi connectivity index (χ4n) is 1.79. The molecule has 3 heteroatoms. The van der Waals surface area contributed by atoms with Gasteiger partial charge in [-0.1, -0.05) is 12.8 Å². The highest BCUT2D eigenvalue weighted by Crippen LogP contribution is 2.10. The number of nitriles is 1. The minimum atomic E-state index is -0.455. The first-order valence-electron chi connectivity index (χ1n) is 5.10.